The van der Waals surface area contributed by atoms with Gasteiger partial charge in [0.05, 0.1) is 25.4 Å². The van der Waals surface area contributed by atoms with Gasteiger partial charge in [0.15, 0.2) is 0 Å². The predicted molar refractivity (Wildman–Crippen MR) is 103 cm³/mol. The van der Waals surface area contributed by atoms with Crippen LogP contribution in [0.1, 0.15) is 37.5 Å². The molecule has 0 atom stereocenters. The summed E-state index contributed by atoms with van der Waals surface area (Å²) in [7, 11) is 1.34. The third-order valence-electron chi connectivity index (χ3n) is 4.65. The van der Waals surface area contributed by atoms with Gasteiger partial charge in [-0.25, -0.2) is 4.79 Å². The number of thiophene rings is 1. The van der Waals surface area contributed by atoms with Crippen molar-refractivity contribution in [2.75, 3.05) is 12.4 Å². The molecule has 5 nitrogen and oxygen atoms in total. The van der Waals surface area contributed by atoms with Crippen LogP contribution in [0.15, 0.2) is 22.8 Å². The predicted octanol–water partition coefficient (Wildman–Crippen LogP) is 4.70. The summed E-state index contributed by atoms with van der Waals surface area (Å²) in [5.74, 6) is -0.639. The topological polar surface area (TPSA) is 68.5 Å². The van der Waals surface area contributed by atoms with Crippen molar-refractivity contribution in [2.45, 2.75) is 34.1 Å². The minimum atomic E-state index is -0.443. The van der Waals surface area contributed by atoms with Crippen molar-refractivity contribution in [1.82, 2.24) is 0 Å². The summed E-state index contributed by atoms with van der Waals surface area (Å²) in [4.78, 5) is 25.6. The number of amides is 1. The van der Waals surface area contributed by atoms with Crippen LogP contribution < -0.4 is 5.32 Å². The van der Waals surface area contributed by atoms with E-state index in [9.17, 15) is 9.59 Å². The number of benzene rings is 1. The molecule has 1 N–H and O–H groups in total. The van der Waals surface area contributed by atoms with Crippen LogP contribution in [0.3, 0.4) is 0 Å². The molecule has 0 aliphatic heterocycles. The summed E-state index contributed by atoms with van der Waals surface area (Å²) >= 11 is 1.38. The Morgan fingerprint density at radius 1 is 1.15 bits per heavy atom. The minimum Gasteiger partial charge on any atom is -0.465 e. The Morgan fingerprint density at radius 2 is 1.85 bits per heavy atom. The maximum atomic E-state index is 12.6. The average molecular weight is 371 g/mol. The fraction of sp³-hybridized carbons (Fsp3) is 0.300. The molecule has 0 spiro atoms. The van der Waals surface area contributed by atoms with Crippen LogP contribution >= 0.6 is 11.3 Å². The fourth-order valence-corrected chi connectivity index (χ4v) is 3.94. The molecule has 1 aromatic carbocycles. The van der Waals surface area contributed by atoms with Crippen LogP contribution in [0.5, 0.6) is 0 Å². The molecule has 0 aliphatic rings. The van der Waals surface area contributed by atoms with E-state index in [1.165, 1.54) is 18.4 Å². The second-order valence-corrected chi connectivity index (χ2v) is 7.62. The third kappa shape index (κ3) is 3.24. The standard InChI is InChI=1S/C20H21NO4S/c1-10-6-15-14(9-25-16(15)7-11(10)2)8-17(22)21-19-18(20(23)24-5)12(3)13(4)26-19/h6-7,9H,8H2,1-5H3,(H,21,22). The molecule has 2 aromatic heterocycles. The first-order valence-corrected chi connectivity index (χ1v) is 9.09. The summed E-state index contributed by atoms with van der Waals surface area (Å²) < 4.78 is 10.4. The molecular formula is C20H21NO4S. The number of methoxy groups -OCH3 is 1. The van der Waals surface area contributed by atoms with E-state index in [1.807, 2.05) is 39.8 Å². The summed E-state index contributed by atoms with van der Waals surface area (Å²) in [5.41, 5.74) is 5.15. The molecule has 0 fully saturated rings. The van der Waals surface area contributed by atoms with Crippen molar-refractivity contribution >= 4 is 39.2 Å². The largest absolute Gasteiger partial charge is 0.465 e. The van der Waals surface area contributed by atoms with Crippen molar-refractivity contribution in [2.24, 2.45) is 0 Å². The minimum absolute atomic E-state index is 0.173. The van der Waals surface area contributed by atoms with E-state index in [1.54, 1.807) is 6.26 Å². The van der Waals surface area contributed by atoms with E-state index in [4.69, 9.17) is 9.15 Å². The Kier molecular flexibility index (Phi) is 4.87. The molecule has 0 unspecified atom stereocenters. The van der Waals surface area contributed by atoms with Gasteiger partial charge in [0.25, 0.3) is 0 Å². The van der Waals surface area contributed by atoms with Gasteiger partial charge in [0, 0.05) is 15.8 Å². The Labute approximate surface area is 156 Å². The molecule has 26 heavy (non-hydrogen) atoms. The van der Waals surface area contributed by atoms with Crippen LogP contribution in [-0.2, 0) is 16.0 Å². The highest BCUT2D eigenvalue weighted by Gasteiger charge is 2.22. The maximum absolute atomic E-state index is 12.6. The van der Waals surface area contributed by atoms with E-state index in [0.29, 0.717) is 10.6 Å². The Hall–Kier alpha value is -2.60. The van der Waals surface area contributed by atoms with Crippen molar-refractivity contribution < 1.29 is 18.7 Å². The van der Waals surface area contributed by atoms with Gasteiger partial charge in [-0.15, -0.1) is 11.3 Å². The highest BCUT2D eigenvalue weighted by atomic mass is 32.1. The highest BCUT2D eigenvalue weighted by molar-refractivity contribution is 7.16. The van der Waals surface area contributed by atoms with E-state index >= 15 is 0 Å². The van der Waals surface area contributed by atoms with Gasteiger partial charge in [-0.2, -0.15) is 0 Å². The lowest BCUT2D eigenvalue weighted by molar-refractivity contribution is -0.115. The van der Waals surface area contributed by atoms with Crippen LogP contribution in [0.4, 0.5) is 5.00 Å². The first kappa shape index (κ1) is 18.2. The molecule has 1 amide bonds. The molecule has 0 aliphatic carbocycles. The first-order valence-electron chi connectivity index (χ1n) is 8.27. The van der Waals surface area contributed by atoms with Gasteiger partial charge < -0.3 is 14.5 Å². The molecule has 2 heterocycles. The van der Waals surface area contributed by atoms with E-state index in [2.05, 4.69) is 5.32 Å². The average Bonchev–Trinajstić information content (AvgIpc) is 3.08. The van der Waals surface area contributed by atoms with Crippen LogP contribution in [-0.4, -0.2) is 19.0 Å². The summed E-state index contributed by atoms with van der Waals surface area (Å²) in [6.07, 6.45) is 1.79. The summed E-state index contributed by atoms with van der Waals surface area (Å²) in [6, 6.07) is 4.02. The second kappa shape index (κ2) is 6.96. The monoisotopic (exact) mass is 371 g/mol. The SMILES string of the molecule is COC(=O)c1c(NC(=O)Cc2coc3cc(C)c(C)cc23)sc(C)c1C. The molecule has 136 valence electrons. The molecule has 3 rings (SSSR count). The summed E-state index contributed by atoms with van der Waals surface area (Å²) in [5, 5.41) is 4.32. The number of hydrogen-bond acceptors (Lipinski definition) is 5. The van der Waals surface area contributed by atoms with Gasteiger partial charge in [-0.05, 0) is 56.5 Å². The zero-order valence-corrected chi connectivity index (χ0v) is 16.3. The molecule has 3 aromatic rings. The normalized spacial score (nSPS) is 11.0. The zero-order chi connectivity index (χ0) is 19.0. The lowest BCUT2D eigenvalue weighted by Gasteiger charge is -2.06. The van der Waals surface area contributed by atoms with Gasteiger partial charge in [-0.1, -0.05) is 0 Å². The number of carbonyl (C=O) groups is 2. The van der Waals surface area contributed by atoms with Gasteiger partial charge in [-0.3, -0.25) is 4.79 Å². The number of nitrogens with one attached hydrogen (secondary N) is 1. The lowest BCUT2D eigenvalue weighted by Crippen LogP contribution is -2.16. The number of furan rings is 1. The van der Waals surface area contributed by atoms with Crippen LogP contribution in [0, 0.1) is 27.7 Å². The first-order chi connectivity index (χ1) is 12.3. The third-order valence-corrected chi connectivity index (χ3v) is 5.77. The Bertz CT molecular complexity index is 1010. The number of ether oxygens (including phenoxy) is 1. The van der Waals surface area contributed by atoms with E-state index < -0.39 is 5.97 Å². The number of rotatable bonds is 4. The van der Waals surface area contributed by atoms with E-state index in [0.717, 1.165) is 38.1 Å². The van der Waals surface area contributed by atoms with E-state index in [-0.39, 0.29) is 12.3 Å². The van der Waals surface area contributed by atoms with Gasteiger partial charge >= 0.3 is 5.97 Å². The van der Waals surface area contributed by atoms with Crippen molar-refractivity contribution in [3.8, 4) is 0 Å². The number of anilines is 1. The number of carbonyl (C=O) groups excluding carboxylic acids is 2. The van der Waals surface area contributed by atoms with Crippen LogP contribution in [0.25, 0.3) is 11.0 Å². The van der Waals surface area contributed by atoms with Gasteiger partial charge in [0.1, 0.15) is 10.6 Å². The maximum Gasteiger partial charge on any atom is 0.341 e. The molecule has 0 saturated carbocycles. The number of esters is 1. The smallest absolute Gasteiger partial charge is 0.341 e. The molecule has 6 heteroatoms. The number of hydrogen-bond donors (Lipinski definition) is 1. The quantitative estimate of drug-likeness (QED) is 0.675. The second-order valence-electron chi connectivity index (χ2n) is 6.40. The molecule has 0 saturated heterocycles. The molecule has 0 bridgehead atoms. The number of aryl methyl sites for hydroxylation is 3. The zero-order valence-electron chi connectivity index (χ0n) is 15.5. The lowest BCUT2D eigenvalue weighted by atomic mass is 10.0. The Morgan fingerprint density at radius 3 is 2.54 bits per heavy atom. The Balaban J connectivity index is 1.85. The van der Waals surface area contributed by atoms with Crippen LogP contribution in [0.2, 0.25) is 0 Å². The van der Waals surface area contributed by atoms with Crippen molar-refractivity contribution in [1.29, 1.82) is 0 Å². The highest BCUT2D eigenvalue weighted by Crippen LogP contribution is 2.33. The van der Waals surface area contributed by atoms with Gasteiger partial charge in [0.2, 0.25) is 5.91 Å². The fourth-order valence-electron chi connectivity index (χ4n) is 2.88. The summed E-state index contributed by atoms with van der Waals surface area (Å²) in [6.45, 7) is 7.82. The molecule has 0 radical (unpaired) electrons. The molecular weight excluding hydrogens is 350 g/mol. The number of fused-ring (bicyclic) bond motifs is 1. The van der Waals surface area contributed by atoms with Crippen molar-refractivity contribution in [3.05, 3.63) is 51.1 Å². The van der Waals surface area contributed by atoms with Crippen molar-refractivity contribution in [3.63, 3.8) is 0 Å².